The van der Waals surface area contributed by atoms with Gasteiger partial charge in [0.25, 0.3) is 0 Å². The topological polar surface area (TPSA) is 12.0 Å². The molecule has 1 aliphatic carbocycles. The molecular weight excluding hydrogens is 262 g/mol. The molecule has 0 heterocycles. The minimum atomic E-state index is 0.718. The fraction of sp³-hybridized carbons (Fsp3) is 0.667. The summed E-state index contributed by atoms with van der Waals surface area (Å²) in [5, 5.41) is 4.61. The quantitative estimate of drug-likeness (QED) is 0.785. The lowest BCUT2D eigenvalue weighted by atomic mass is 10.0. The van der Waals surface area contributed by atoms with Gasteiger partial charge in [0, 0.05) is 17.8 Å². The van der Waals surface area contributed by atoms with Gasteiger partial charge in [0.2, 0.25) is 0 Å². The van der Waals surface area contributed by atoms with Gasteiger partial charge in [0.05, 0.1) is 0 Å². The Kier molecular flexibility index (Phi) is 6.44. The molecule has 112 valence electrons. The van der Waals surface area contributed by atoms with Crippen LogP contribution < -0.4 is 5.32 Å². The van der Waals surface area contributed by atoms with E-state index in [9.17, 15) is 0 Å². The lowest BCUT2D eigenvalue weighted by Gasteiger charge is -2.20. The lowest BCUT2D eigenvalue weighted by molar-refractivity contribution is 0.532. The van der Waals surface area contributed by atoms with Crippen LogP contribution in [0.25, 0.3) is 0 Å². The minimum Gasteiger partial charge on any atom is -0.309 e. The van der Waals surface area contributed by atoms with E-state index in [1.54, 1.807) is 0 Å². The van der Waals surface area contributed by atoms with Crippen LogP contribution in [0.1, 0.15) is 51.2 Å². The van der Waals surface area contributed by atoms with E-state index in [4.69, 9.17) is 0 Å². The van der Waals surface area contributed by atoms with Crippen LogP contribution >= 0.6 is 11.8 Å². The Balaban J connectivity index is 1.81. The second-order valence-corrected chi connectivity index (χ2v) is 7.84. The van der Waals surface area contributed by atoms with Gasteiger partial charge >= 0.3 is 0 Å². The molecular formula is C18H29NS. The Labute approximate surface area is 128 Å². The number of benzene rings is 1. The van der Waals surface area contributed by atoms with Gasteiger partial charge in [-0.3, -0.25) is 0 Å². The third kappa shape index (κ3) is 4.82. The van der Waals surface area contributed by atoms with E-state index in [1.165, 1.54) is 42.6 Å². The van der Waals surface area contributed by atoms with Crippen LogP contribution in [-0.4, -0.2) is 17.0 Å². The standard InChI is InChI=1S/C18H29NS/c1-4-20-18-7-5-6-17(18)19-13-16-10-8-15(9-11-16)12-14(2)3/h8-11,14,17-19H,4-7,12-13H2,1-3H3. The van der Waals surface area contributed by atoms with Gasteiger partial charge in [-0.1, -0.05) is 51.5 Å². The summed E-state index contributed by atoms with van der Waals surface area (Å²) in [6, 6.07) is 9.90. The molecule has 2 unspecified atom stereocenters. The van der Waals surface area contributed by atoms with Crippen LogP contribution in [0.3, 0.4) is 0 Å². The van der Waals surface area contributed by atoms with Crippen LogP contribution in [0, 0.1) is 5.92 Å². The van der Waals surface area contributed by atoms with Crippen molar-refractivity contribution in [2.75, 3.05) is 5.75 Å². The van der Waals surface area contributed by atoms with Crippen molar-refractivity contribution < 1.29 is 0 Å². The highest BCUT2D eigenvalue weighted by Gasteiger charge is 2.26. The molecule has 0 saturated heterocycles. The van der Waals surface area contributed by atoms with Gasteiger partial charge in [-0.15, -0.1) is 0 Å². The Morgan fingerprint density at radius 3 is 2.50 bits per heavy atom. The summed E-state index contributed by atoms with van der Waals surface area (Å²) >= 11 is 2.13. The van der Waals surface area contributed by atoms with Crippen molar-refractivity contribution in [3.63, 3.8) is 0 Å². The maximum Gasteiger partial charge on any atom is 0.0208 e. The largest absolute Gasteiger partial charge is 0.309 e. The normalized spacial score (nSPS) is 22.6. The Hall–Kier alpha value is -0.470. The van der Waals surface area contributed by atoms with E-state index >= 15 is 0 Å². The highest BCUT2D eigenvalue weighted by molar-refractivity contribution is 7.99. The van der Waals surface area contributed by atoms with Gasteiger partial charge in [0.15, 0.2) is 0 Å². The zero-order chi connectivity index (χ0) is 14.4. The van der Waals surface area contributed by atoms with Crippen LogP contribution in [-0.2, 0) is 13.0 Å². The van der Waals surface area contributed by atoms with Crippen molar-refractivity contribution in [2.24, 2.45) is 5.92 Å². The van der Waals surface area contributed by atoms with Crippen LogP contribution in [0.4, 0.5) is 0 Å². The zero-order valence-corrected chi connectivity index (χ0v) is 14.0. The van der Waals surface area contributed by atoms with Gasteiger partial charge < -0.3 is 5.32 Å². The first-order chi connectivity index (χ1) is 9.69. The average Bonchev–Trinajstić information content (AvgIpc) is 2.85. The molecule has 1 aromatic rings. The molecule has 2 heteroatoms. The molecule has 1 nitrogen and oxygen atoms in total. The Morgan fingerprint density at radius 1 is 1.15 bits per heavy atom. The molecule has 0 bridgehead atoms. The Morgan fingerprint density at radius 2 is 1.85 bits per heavy atom. The fourth-order valence-corrected chi connectivity index (χ4v) is 4.31. The first kappa shape index (κ1) is 15.9. The zero-order valence-electron chi connectivity index (χ0n) is 13.2. The van der Waals surface area contributed by atoms with Crippen LogP contribution in [0.5, 0.6) is 0 Å². The number of nitrogens with one attached hydrogen (secondary N) is 1. The predicted octanol–water partition coefficient (Wildman–Crippen LogP) is 4.65. The van der Waals surface area contributed by atoms with Gasteiger partial charge in [0.1, 0.15) is 0 Å². The lowest BCUT2D eigenvalue weighted by Crippen LogP contribution is -2.33. The van der Waals surface area contributed by atoms with E-state index in [0.717, 1.165) is 23.8 Å². The highest BCUT2D eigenvalue weighted by Crippen LogP contribution is 2.30. The van der Waals surface area contributed by atoms with E-state index in [2.05, 4.69) is 62.1 Å². The maximum atomic E-state index is 3.77. The van der Waals surface area contributed by atoms with E-state index in [0.29, 0.717) is 0 Å². The smallest absolute Gasteiger partial charge is 0.0208 e. The summed E-state index contributed by atoms with van der Waals surface area (Å²) in [5.74, 6) is 1.98. The monoisotopic (exact) mass is 291 g/mol. The fourth-order valence-electron chi connectivity index (χ4n) is 3.09. The summed E-state index contributed by atoms with van der Waals surface area (Å²) in [4.78, 5) is 0. The van der Waals surface area contributed by atoms with Crippen LogP contribution in [0.15, 0.2) is 24.3 Å². The summed E-state index contributed by atoms with van der Waals surface area (Å²) in [6.07, 6.45) is 5.32. The van der Waals surface area contributed by atoms with Crippen molar-refractivity contribution in [1.82, 2.24) is 5.32 Å². The van der Waals surface area contributed by atoms with E-state index in [-0.39, 0.29) is 0 Å². The first-order valence-electron chi connectivity index (χ1n) is 8.11. The minimum absolute atomic E-state index is 0.718. The van der Waals surface area contributed by atoms with Gasteiger partial charge in [-0.25, -0.2) is 0 Å². The van der Waals surface area contributed by atoms with Crippen molar-refractivity contribution in [3.8, 4) is 0 Å². The number of hydrogen-bond donors (Lipinski definition) is 1. The molecule has 1 fully saturated rings. The summed E-state index contributed by atoms with van der Waals surface area (Å²) in [7, 11) is 0. The third-order valence-corrected chi connectivity index (χ3v) is 5.39. The second-order valence-electron chi connectivity index (χ2n) is 6.33. The molecule has 0 radical (unpaired) electrons. The molecule has 1 saturated carbocycles. The van der Waals surface area contributed by atoms with Crippen molar-refractivity contribution in [1.29, 1.82) is 0 Å². The molecule has 0 aliphatic heterocycles. The number of rotatable bonds is 7. The third-order valence-electron chi connectivity index (χ3n) is 4.07. The van der Waals surface area contributed by atoms with Crippen LogP contribution in [0.2, 0.25) is 0 Å². The first-order valence-corrected chi connectivity index (χ1v) is 9.16. The molecule has 1 aromatic carbocycles. The molecule has 0 aromatic heterocycles. The number of hydrogen-bond acceptors (Lipinski definition) is 2. The number of thioether (sulfide) groups is 1. The Bertz CT molecular complexity index is 385. The summed E-state index contributed by atoms with van der Waals surface area (Å²) in [5.41, 5.74) is 2.88. The van der Waals surface area contributed by atoms with Crippen molar-refractivity contribution in [3.05, 3.63) is 35.4 Å². The average molecular weight is 292 g/mol. The molecule has 20 heavy (non-hydrogen) atoms. The molecule has 2 atom stereocenters. The SMILES string of the molecule is CCSC1CCCC1NCc1ccc(CC(C)C)cc1. The van der Waals surface area contributed by atoms with E-state index in [1.807, 2.05) is 0 Å². The molecule has 0 amide bonds. The van der Waals surface area contributed by atoms with E-state index < -0.39 is 0 Å². The molecule has 2 rings (SSSR count). The second kappa shape index (κ2) is 8.09. The molecule has 1 N–H and O–H groups in total. The van der Waals surface area contributed by atoms with Gasteiger partial charge in [-0.2, -0.15) is 11.8 Å². The maximum absolute atomic E-state index is 3.77. The predicted molar refractivity (Wildman–Crippen MR) is 91.4 cm³/mol. The van der Waals surface area contributed by atoms with Crippen molar-refractivity contribution >= 4 is 11.8 Å². The highest BCUT2D eigenvalue weighted by atomic mass is 32.2. The molecule has 0 spiro atoms. The molecule has 1 aliphatic rings. The van der Waals surface area contributed by atoms with Gasteiger partial charge in [-0.05, 0) is 42.1 Å². The summed E-state index contributed by atoms with van der Waals surface area (Å²) in [6.45, 7) is 7.85. The van der Waals surface area contributed by atoms with Crippen molar-refractivity contribution in [2.45, 2.75) is 64.3 Å². The summed E-state index contributed by atoms with van der Waals surface area (Å²) < 4.78 is 0.